The van der Waals surface area contributed by atoms with Gasteiger partial charge in [0.2, 0.25) is 5.91 Å². The zero-order chi connectivity index (χ0) is 31.8. The van der Waals surface area contributed by atoms with E-state index < -0.39 is 35.0 Å². The lowest BCUT2D eigenvalue weighted by Gasteiger charge is -2.24. The molecule has 3 aromatic heterocycles. The molecule has 1 aliphatic heterocycles. The molecular weight excluding hydrogens is 599 g/mol. The van der Waals surface area contributed by atoms with Gasteiger partial charge in [-0.25, -0.2) is 10.8 Å². The van der Waals surface area contributed by atoms with Crippen LogP contribution < -0.4 is 27.5 Å². The van der Waals surface area contributed by atoms with Crippen LogP contribution in [0.1, 0.15) is 43.5 Å². The van der Waals surface area contributed by atoms with E-state index in [1.165, 1.54) is 36.8 Å². The van der Waals surface area contributed by atoms with Gasteiger partial charge < -0.3 is 11.1 Å². The molecule has 15 heteroatoms. The Hall–Kier alpha value is -4.69. The maximum absolute atomic E-state index is 14.7. The van der Waals surface area contributed by atoms with E-state index in [9.17, 15) is 22.8 Å². The maximum atomic E-state index is 14.7. The molecule has 1 aromatic carbocycles. The molecule has 0 saturated heterocycles. The number of aromatic nitrogens is 5. The van der Waals surface area contributed by atoms with Gasteiger partial charge in [0.1, 0.15) is 5.56 Å². The molecule has 4 heterocycles. The Labute approximate surface area is 254 Å². The van der Waals surface area contributed by atoms with E-state index in [-0.39, 0.29) is 28.6 Å². The molecule has 2 unspecified atom stereocenters. The molecule has 0 fully saturated rings. The van der Waals surface area contributed by atoms with Crippen LogP contribution in [0, 0.1) is 5.92 Å². The van der Waals surface area contributed by atoms with Crippen molar-refractivity contribution >= 4 is 28.9 Å². The summed E-state index contributed by atoms with van der Waals surface area (Å²) in [6.45, 7) is 1.76. The van der Waals surface area contributed by atoms with Crippen molar-refractivity contribution in [1.82, 2.24) is 24.3 Å². The standard InChI is InChI=1S/C29H29ClF3N9O2/c1-16-4-3-5-23(20-12-17(8-10-36-20)26-21(39-27(16)43)14-38-40(26)2)41-15-37-25(24(28(41)44)29(31,32)33)19-13-18(30)6-7-22(19)42(35)11-9-34/h6-16,23H,3-5,34-35H2,1-2H3,(H,39,43)/b11-9-. The number of nitrogens with two attached hydrogens (primary N) is 2. The Morgan fingerprint density at radius 3 is 2.66 bits per heavy atom. The lowest BCUT2D eigenvalue weighted by atomic mass is 9.96. The van der Waals surface area contributed by atoms with Crippen LogP contribution in [0.3, 0.4) is 0 Å². The molecule has 5 rings (SSSR count). The maximum Gasteiger partial charge on any atom is 0.423 e. The summed E-state index contributed by atoms with van der Waals surface area (Å²) in [7, 11) is 1.70. The van der Waals surface area contributed by atoms with E-state index in [1.807, 2.05) is 0 Å². The summed E-state index contributed by atoms with van der Waals surface area (Å²) in [5, 5.41) is 8.30. The predicted molar refractivity (Wildman–Crippen MR) is 160 cm³/mol. The number of halogens is 4. The van der Waals surface area contributed by atoms with Crippen LogP contribution in [-0.2, 0) is 18.0 Å². The number of hydrogen-bond acceptors (Lipinski definition) is 8. The van der Waals surface area contributed by atoms with E-state index in [0.29, 0.717) is 35.5 Å². The number of carbonyl (C=O) groups is 1. The summed E-state index contributed by atoms with van der Waals surface area (Å²) in [4.78, 5) is 35.4. The van der Waals surface area contributed by atoms with E-state index in [4.69, 9.17) is 23.2 Å². The minimum Gasteiger partial charge on any atom is -0.403 e. The Morgan fingerprint density at radius 2 is 1.93 bits per heavy atom. The molecule has 2 bridgehead atoms. The largest absolute Gasteiger partial charge is 0.423 e. The highest BCUT2D eigenvalue weighted by molar-refractivity contribution is 6.31. The van der Waals surface area contributed by atoms with Gasteiger partial charge in [-0.15, -0.1) is 0 Å². The van der Waals surface area contributed by atoms with Crippen molar-refractivity contribution in [3.63, 3.8) is 0 Å². The second-order valence-corrected chi connectivity index (χ2v) is 10.9. The highest BCUT2D eigenvalue weighted by atomic mass is 35.5. The molecule has 1 aliphatic rings. The number of nitrogens with zero attached hydrogens (tertiary/aromatic N) is 6. The predicted octanol–water partition coefficient (Wildman–Crippen LogP) is 4.84. The number of pyridine rings is 1. The van der Waals surface area contributed by atoms with Gasteiger partial charge in [0.15, 0.2) is 0 Å². The average molecular weight is 628 g/mol. The van der Waals surface area contributed by atoms with Gasteiger partial charge in [-0.2, -0.15) is 18.3 Å². The van der Waals surface area contributed by atoms with Crippen molar-refractivity contribution in [2.75, 3.05) is 10.3 Å². The van der Waals surface area contributed by atoms with Crippen LogP contribution in [0.25, 0.3) is 22.5 Å². The van der Waals surface area contributed by atoms with Crippen molar-refractivity contribution in [2.45, 2.75) is 38.4 Å². The molecule has 4 aromatic rings. The number of alkyl halides is 3. The van der Waals surface area contributed by atoms with Crippen molar-refractivity contribution in [2.24, 2.45) is 24.5 Å². The number of rotatable bonds is 4. The first kappa shape index (κ1) is 30.8. The van der Waals surface area contributed by atoms with E-state index in [1.54, 1.807) is 30.8 Å². The first-order chi connectivity index (χ1) is 20.9. The first-order valence-corrected chi connectivity index (χ1v) is 14.0. The lowest BCUT2D eigenvalue weighted by Crippen LogP contribution is -2.34. The third-order valence-corrected chi connectivity index (χ3v) is 7.74. The Kier molecular flexibility index (Phi) is 8.48. The second-order valence-electron chi connectivity index (χ2n) is 10.4. The van der Waals surface area contributed by atoms with Gasteiger partial charge >= 0.3 is 6.18 Å². The molecule has 11 nitrogen and oxygen atoms in total. The fraction of sp³-hybridized carbons (Fsp3) is 0.276. The second kappa shape index (κ2) is 12.1. The molecular formula is C29H29ClF3N9O2. The zero-order valence-electron chi connectivity index (χ0n) is 23.7. The minimum absolute atomic E-state index is 0.0888. The van der Waals surface area contributed by atoms with Crippen LogP contribution in [0.2, 0.25) is 5.02 Å². The van der Waals surface area contributed by atoms with Crippen molar-refractivity contribution in [3.05, 3.63) is 88.1 Å². The van der Waals surface area contributed by atoms with Crippen molar-refractivity contribution in [3.8, 4) is 22.5 Å². The summed E-state index contributed by atoms with van der Waals surface area (Å²) in [5.41, 5.74) is 3.98. The first-order valence-electron chi connectivity index (χ1n) is 13.6. The number of carbonyl (C=O) groups excluding carboxylic acids is 1. The van der Waals surface area contributed by atoms with Crippen LogP contribution in [0.5, 0.6) is 0 Å². The van der Waals surface area contributed by atoms with Crippen LogP contribution in [0.4, 0.5) is 24.5 Å². The number of hydrogen-bond donors (Lipinski definition) is 3. The van der Waals surface area contributed by atoms with Gasteiger partial charge in [-0.05, 0) is 43.2 Å². The summed E-state index contributed by atoms with van der Waals surface area (Å²) in [6, 6.07) is 6.54. The van der Waals surface area contributed by atoms with Crippen molar-refractivity contribution in [1.29, 1.82) is 0 Å². The summed E-state index contributed by atoms with van der Waals surface area (Å²) >= 11 is 6.16. The van der Waals surface area contributed by atoms with Gasteiger partial charge in [0, 0.05) is 47.7 Å². The van der Waals surface area contributed by atoms with Gasteiger partial charge in [0.05, 0.1) is 47.0 Å². The summed E-state index contributed by atoms with van der Waals surface area (Å²) < 4.78 is 46.7. The summed E-state index contributed by atoms with van der Waals surface area (Å²) in [6.07, 6.45) is 2.39. The molecule has 44 heavy (non-hydrogen) atoms. The fourth-order valence-electron chi connectivity index (χ4n) is 5.33. The van der Waals surface area contributed by atoms with E-state index >= 15 is 0 Å². The Morgan fingerprint density at radius 1 is 1.16 bits per heavy atom. The molecule has 1 amide bonds. The van der Waals surface area contributed by atoms with E-state index in [0.717, 1.165) is 22.1 Å². The number of anilines is 2. The van der Waals surface area contributed by atoms with Crippen LogP contribution >= 0.6 is 11.6 Å². The number of fused-ring (bicyclic) bond motifs is 4. The zero-order valence-corrected chi connectivity index (χ0v) is 24.5. The van der Waals surface area contributed by atoms with Gasteiger partial charge in [0.25, 0.3) is 5.56 Å². The summed E-state index contributed by atoms with van der Waals surface area (Å²) in [5.74, 6) is 5.37. The Balaban J connectivity index is 1.72. The molecule has 2 atom stereocenters. The van der Waals surface area contributed by atoms with Gasteiger partial charge in [-0.3, -0.25) is 28.8 Å². The number of amides is 1. The number of benzene rings is 1. The quantitative estimate of drug-likeness (QED) is 0.215. The smallest absolute Gasteiger partial charge is 0.403 e. The fourth-order valence-corrected chi connectivity index (χ4v) is 5.50. The average Bonchev–Trinajstić information content (AvgIpc) is 3.33. The lowest BCUT2D eigenvalue weighted by molar-refractivity contribution is -0.138. The monoisotopic (exact) mass is 627 g/mol. The normalized spacial score (nSPS) is 17.5. The molecule has 230 valence electrons. The highest BCUT2D eigenvalue weighted by Gasteiger charge is 2.40. The molecule has 0 spiro atoms. The van der Waals surface area contributed by atoms with Crippen LogP contribution in [0.15, 0.2) is 66.2 Å². The van der Waals surface area contributed by atoms with Crippen LogP contribution in [-0.4, -0.2) is 30.2 Å². The SMILES string of the molecule is CC1CCCC(n2cnc(-c3cc(Cl)ccc3N(N)/C=C\N)c(C(F)(F)F)c2=O)c2cc(ccn2)-c2c(cnn2C)NC1=O. The number of nitrogens with one attached hydrogen (secondary N) is 1. The van der Waals surface area contributed by atoms with Gasteiger partial charge in [-0.1, -0.05) is 24.9 Å². The third kappa shape index (κ3) is 5.90. The number of aryl methyl sites for hydroxylation is 1. The third-order valence-electron chi connectivity index (χ3n) is 7.51. The molecule has 0 saturated carbocycles. The highest BCUT2D eigenvalue weighted by Crippen LogP contribution is 2.39. The Bertz CT molecular complexity index is 1800. The molecule has 0 radical (unpaired) electrons. The van der Waals surface area contributed by atoms with Crippen molar-refractivity contribution < 1.29 is 18.0 Å². The topological polar surface area (TPSA) is 150 Å². The minimum atomic E-state index is -5.10. The molecule has 0 aliphatic carbocycles. The molecule has 5 N–H and O–H groups in total. The van der Waals surface area contributed by atoms with E-state index in [2.05, 4.69) is 20.4 Å². The number of hydrazine groups is 1.